The van der Waals surface area contributed by atoms with Crippen LogP contribution in [-0.4, -0.2) is 35.7 Å². The Morgan fingerprint density at radius 1 is 1.30 bits per heavy atom. The summed E-state index contributed by atoms with van der Waals surface area (Å²) in [6.45, 7) is 3.58. The van der Waals surface area contributed by atoms with E-state index in [-0.39, 0.29) is 12.4 Å². The van der Waals surface area contributed by atoms with E-state index in [0.29, 0.717) is 11.1 Å². The minimum absolute atomic E-state index is 0. The third-order valence-corrected chi connectivity index (χ3v) is 4.74. The Balaban J connectivity index is 0.00000121. The average Bonchev–Trinajstić information content (AvgIpc) is 2.85. The molecule has 2 bridgehead atoms. The molecule has 1 atom stereocenters. The number of fused-ring (bicyclic) bond motifs is 4. The van der Waals surface area contributed by atoms with Crippen molar-refractivity contribution in [3.05, 3.63) is 23.2 Å². The van der Waals surface area contributed by atoms with E-state index < -0.39 is 0 Å². The number of piperidine rings is 3. The van der Waals surface area contributed by atoms with E-state index in [0.717, 1.165) is 29.2 Å². The molecule has 20 heavy (non-hydrogen) atoms. The Kier molecular flexibility index (Phi) is 3.80. The fraction of sp³-hybridized carbons (Fsp3) is 0.500. The molecule has 3 aliphatic rings. The van der Waals surface area contributed by atoms with Crippen LogP contribution in [0, 0.1) is 5.92 Å². The second-order valence-electron chi connectivity index (χ2n) is 5.53. The van der Waals surface area contributed by atoms with Crippen LogP contribution in [-0.2, 0) is 0 Å². The van der Waals surface area contributed by atoms with E-state index in [1.54, 1.807) is 0 Å². The summed E-state index contributed by atoms with van der Waals surface area (Å²) in [6, 6.07) is 6.12. The zero-order valence-corrected chi connectivity index (χ0v) is 12.6. The quantitative estimate of drug-likeness (QED) is 0.922. The summed E-state index contributed by atoms with van der Waals surface area (Å²) in [5, 5.41) is 9.29. The summed E-state index contributed by atoms with van der Waals surface area (Å²) < 4.78 is 5.34. The van der Waals surface area contributed by atoms with Crippen molar-refractivity contribution in [2.45, 2.75) is 18.9 Å². The Labute approximate surface area is 128 Å². The molecule has 3 saturated heterocycles. The lowest BCUT2D eigenvalue weighted by Crippen LogP contribution is -2.53. The van der Waals surface area contributed by atoms with Crippen LogP contribution >= 0.6 is 24.0 Å². The number of hydrogen-bond acceptors (Lipinski definition) is 4. The molecule has 5 rings (SSSR count). The molecular weight excluding hydrogens is 297 g/mol. The molecule has 2 aromatic rings. The highest BCUT2D eigenvalue weighted by Gasteiger charge is 2.34. The molecule has 6 heteroatoms. The third-order valence-electron chi connectivity index (χ3n) is 4.43. The number of aromatic nitrogens is 1. The van der Waals surface area contributed by atoms with E-state index in [9.17, 15) is 0 Å². The minimum atomic E-state index is 0. The van der Waals surface area contributed by atoms with Gasteiger partial charge in [0, 0.05) is 12.6 Å². The van der Waals surface area contributed by atoms with Gasteiger partial charge in [-0.05, 0) is 44.0 Å². The topological polar surface area (TPSA) is 41.3 Å². The monoisotopic (exact) mass is 313 g/mol. The Hall–Kier alpha value is -0.970. The standard InChI is InChI=1S/C14H16ClN3O.ClH/c15-10-2-1-3-12-13(10)14(17-19-12)16-11-8-18-6-4-9(11)5-7-18;/h1-3,9,11H,4-8H2,(H,16,17);1H. The molecule has 1 N–H and O–H groups in total. The van der Waals surface area contributed by atoms with Crippen molar-refractivity contribution in [3.8, 4) is 0 Å². The first-order valence-electron chi connectivity index (χ1n) is 6.84. The minimum Gasteiger partial charge on any atom is -0.362 e. The highest BCUT2D eigenvalue weighted by atomic mass is 35.5. The second-order valence-corrected chi connectivity index (χ2v) is 5.94. The molecule has 1 unspecified atom stereocenters. The molecule has 108 valence electrons. The predicted molar refractivity (Wildman–Crippen MR) is 82.8 cm³/mol. The Bertz CT molecular complexity index is 607. The second kappa shape index (κ2) is 5.43. The molecule has 3 fully saturated rings. The molecule has 4 nitrogen and oxygen atoms in total. The molecule has 0 aliphatic carbocycles. The first kappa shape index (κ1) is 14.0. The first-order valence-corrected chi connectivity index (χ1v) is 7.22. The zero-order valence-electron chi connectivity index (χ0n) is 11.0. The van der Waals surface area contributed by atoms with E-state index in [1.807, 2.05) is 18.2 Å². The Morgan fingerprint density at radius 3 is 2.80 bits per heavy atom. The van der Waals surface area contributed by atoms with Gasteiger partial charge in [0.1, 0.15) is 0 Å². The summed E-state index contributed by atoms with van der Waals surface area (Å²) in [6.07, 6.45) is 2.56. The zero-order chi connectivity index (χ0) is 12.8. The molecular formula is C14H17Cl2N3O. The van der Waals surface area contributed by atoms with E-state index in [2.05, 4.69) is 15.4 Å². The van der Waals surface area contributed by atoms with Crippen LogP contribution in [0.4, 0.5) is 5.82 Å². The molecule has 0 spiro atoms. The first-order chi connectivity index (χ1) is 9.31. The van der Waals surface area contributed by atoms with Gasteiger partial charge in [0.05, 0.1) is 10.4 Å². The van der Waals surface area contributed by atoms with Crippen molar-refractivity contribution in [1.82, 2.24) is 10.1 Å². The summed E-state index contributed by atoms with van der Waals surface area (Å²) in [5.41, 5.74) is 0.747. The van der Waals surface area contributed by atoms with Gasteiger partial charge in [-0.3, -0.25) is 0 Å². The van der Waals surface area contributed by atoms with E-state index in [4.69, 9.17) is 16.1 Å². The largest absolute Gasteiger partial charge is 0.362 e. The lowest BCUT2D eigenvalue weighted by molar-refractivity contribution is 0.0973. The lowest BCUT2D eigenvalue weighted by Gasteiger charge is -2.44. The summed E-state index contributed by atoms with van der Waals surface area (Å²) in [7, 11) is 0. The summed E-state index contributed by atoms with van der Waals surface area (Å²) in [4.78, 5) is 2.52. The van der Waals surface area contributed by atoms with E-state index in [1.165, 1.54) is 25.9 Å². The van der Waals surface area contributed by atoms with Crippen molar-refractivity contribution in [2.75, 3.05) is 25.0 Å². The van der Waals surface area contributed by atoms with Crippen molar-refractivity contribution in [3.63, 3.8) is 0 Å². The van der Waals surface area contributed by atoms with Crippen LogP contribution in [0.3, 0.4) is 0 Å². The van der Waals surface area contributed by atoms with Gasteiger partial charge in [0.2, 0.25) is 0 Å². The number of hydrogen-bond donors (Lipinski definition) is 1. The lowest BCUT2D eigenvalue weighted by atomic mass is 9.84. The van der Waals surface area contributed by atoms with Crippen molar-refractivity contribution < 1.29 is 4.52 Å². The van der Waals surface area contributed by atoms with Gasteiger partial charge in [-0.2, -0.15) is 0 Å². The maximum atomic E-state index is 6.25. The van der Waals surface area contributed by atoms with Crippen LogP contribution in [0.15, 0.2) is 22.7 Å². The maximum absolute atomic E-state index is 6.25. The third kappa shape index (κ3) is 2.26. The SMILES string of the molecule is Cl.Clc1cccc2onc(NC3CN4CCC3CC4)c12. The van der Waals surface area contributed by atoms with Gasteiger partial charge in [0.15, 0.2) is 11.4 Å². The highest BCUT2D eigenvalue weighted by molar-refractivity contribution is 6.36. The van der Waals surface area contributed by atoms with Crippen LogP contribution in [0.5, 0.6) is 0 Å². The molecule has 3 aliphatic heterocycles. The summed E-state index contributed by atoms with van der Waals surface area (Å²) in [5.74, 6) is 1.54. The van der Waals surface area contributed by atoms with Gasteiger partial charge in [-0.1, -0.05) is 22.8 Å². The van der Waals surface area contributed by atoms with Crippen LogP contribution in [0.2, 0.25) is 5.02 Å². The molecule has 1 aromatic heterocycles. The predicted octanol–water partition coefficient (Wildman–Crippen LogP) is 3.41. The number of rotatable bonds is 2. The summed E-state index contributed by atoms with van der Waals surface area (Å²) >= 11 is 6.25. The van der Waals surface area contributed by atoms with Crippen LogP contribution < -0.4 is 5.32 Å². The number of nitrogens with one attached hydrogen (secondary N) is 1. The normalized spacial score (nSPS) is 28.4. The van der Waals surface area contributed by atoms with Crippen molar-refractivity contribution >= 4 is 40.8 Å². The molecule has 0 radical (unpaired) electrons. The van der Waals surface area contributed by atoms with Gasteiger partial charge >= 0.3 is 0 Å². The van der Waals surface area contributed by atoms with Crippen molar-refractivity contribution in [2.24, 2.45) is 5.92 Å². The molecule has 1 aromatic carbocycles. The highest BCUT2D eigenvalue weighted by Crippen LogP contribution is 2.34. The maximum Gasteiger partial charge on any atom is 0.179 e. The number of benzene rings is 1. The number of nitrogens with zero attached hydrogens (tertiary/aromatic N) is 2. The van der Waals surface area contributed by atoms with Crippen molar-refractivity contribution in [1.29, 1.82) is 0 Å². The smallest absolute Gasteiger partial charge is 0.179 e. The van der Waals surface area contributed by atoms with Crippen LogP contribution in [0.25, 0.3) is 11.0 Å². The molecule has 0 amide bonds. The molecule has 4 heterocycles. The fourth-order valence-corrected chi connectivity index (χ4v) is 3.61. The fourth-order valence-electron chi connectivity index (χ4n) is 3.35. The van der Waals surface area contributed by atoms with Gasteiger partial charge < -0.3 is 14.7 Å². The number of anilines is 1. The van der Waals surface area contributed by atoms with Gasteiger partial charge in [0.25, 0.3) is 0 Å². The van der Waals surface area contributed by atoms with Gasteiger partial charge in [-0.25, -0.2) is 0 Å². The Morgan fingerprint density at radius 2 is 2.10 bits per heavy atom. The molecule has 0 saturated carbocycles. The van der Waals surface area contributed by atoms with E-state index >= 15 is 0 Å². The average molecular weight is 314 g/mol. The number of halogens is 2. The van der Waals surface area contributed by atoms with Crippen LogP contribution in [0.1, 0.15) is 12.8 Å². The van der Waals surface area contributed by atoms with Gasteiger partial charge in [-0.15, -0.1) is 12.4 Å².